The zero-order valence-electron chi connectivity index (χ0n) is 9.93. The molecule has 0 atom stereocenters. The van der Waals surface area contributed by atoms with Gasteiger partial charge in [0, 0.05) is 12.1 Å². The Hall–Kier alpha value is -1.62. The molecular formula is C13H16FNO3. The predicted octanol–water partition coefficient (Wildman–Crippen LogP) is 2.17. The van der Waals surface area contributed by atoms with E-state index in [0.717, 1.165) is 37.8 Å². The van der Waals surface area contributed by atoms with Gasteiger partial charge in [0.15, 0.2) is 0 Å². The second-order valence-electron chi connectivity index (χ2n) is 4.60. The van der Waals surface area contributed by atoms with Gasteiger partial charge < -0.3 is 15.6 Å². The van der Waals surface area contributed by atoms with Crippen LogP contribution in [0.25, 0.3) is 0 Å². The first-order valence-electron chi connectivity index (χ1n) is 6.01. The molecule has 0 saturated heterocycles. The van der Waals surface area contributed by atoms with E-state index >= 15 is 0 Å². The number of aromatic carboxylic acids is 1. The summed E-state index contributed by atoms with van der Waals surface area (Å²) in [6, 6.07) is 3.66. The Morgan fingerprint density at radius 3 is 2.61 bits per heavy atom. The molecule has 4 nitrogen and oxygen atoms in total. The Kier molecular flexibility index (Phi) is 3.81. The van der Waals surface area contributed by atoms with Gasteiger partial charge in [0.05, 0.1) is 6.10 Å². The van der Waals surface area contributed by atoms with Crippen molar-refractivity contribution in [2.24, 2.45) is 5.73 Å². The summed E-state index contributed by atoms with van der Waals surface area (Å²) in [4.78, 5) is 11.0. The van der Waals surface area contributed by atoms with Crippen molar-refractivity contribution in [3.8, 4) is 5.75 Å². The number of rotatable bonds is 3. The molecule has 0 spiro atoms. The third-order valence-corrected chi connectivity index (χ3v) is 3.19. The summed E-state index contributed by atoms with van der Waals surface area (Å²) in [7, 11) is 0. The Labute approximate surface area is 105 Å². The Bertz CT molecular complexity index is 442. The molecule has 1 aromatic rings. The fraction of sp³-hybridized carbons (Fsp3) is 0.462. The lowest BCUT2D eigenvalue weighted by Gasteiger charge is -2.27. The minimum absolute atomic E-state index is 0.00808. The molecule has 1 fully saturated rings. The van der Waals surface area contributed by atoms with Crippen molar-refractivity contribution in [2.75, 3.05) is 0 Å². The van der Waals surface area contributed by atoms with Crippen molar-refractivity contribution in [1.82, 2.24) is 0 Å². The van der Waals surface area contributed by atoms with E-state index in [1.165, 1.54) is 6.07 Å². The van der Waals surface area contributed by atoms with Crippen molar-refractivity contribution in [2.45, 2.75) is 37.8 Å². The van der Waals surface area contributed by atoms with Gasteiger partial charge in [-0.15, -0.1) is 0 Å². The summed E-state index contributed by atoms with van der Waals surface area (Å²) in [5.41, 5.74) is 5.77. The standard InChI is InChI=1S/C13H16FNO3/c14-8-1-6-11(13(16)17)12(7-8)18-10-4-2-9(15)3-5-10/h1,6-7,9-10H,2-5,15H2,(H,16,17)/t9-,10+. The number of carboxylic acid groups (broad SMARTS) is 1. The molecule has 0 radical (unpaired) electrons. The molecule has 2 rings (SSSR count). The summed E-state index contributed by atoms with van der Waals surface area (Å²) in [5, 5.41) is 9.01. The summed E-state index contributed by atoms with van der Waals surface area (Å²) in [6.07, 6.45) is 3.17. The Balaban J connectivity index is 2.12. The second kappa shape index (κ2) is 5.35. The average Bonchev–Trinajstić information content (AvgIpc) is 2.32. The van der Waals surface area contributed by atoms with Crippen LogP contribution in [-0.4, -0.2) is 23.2 Å². The quantitative estimate of drug-likeness (QED) is 0.866. The summed E-state index contributed by atoms with van der Waals surface area (Å²) in [5.74, 6) is -1.51. The number of ether oxygens (including phenoxy) is 1. The van der Waals surface area contributed by atoms with Crippen molar-refractivity contribution >= 4 is 5.97 Å². The highest BCUT2D eigenvalue weighted by Gasteiger charge is 2.22. The molecule has 0 amide bonds. The number of hydrogen-bond acceptors (Lipinski definition) is 3. The molecule has 1 aliphatic rings. The molecule has 0 heterocycles. The van der Waals surface area contributed by atoms with E-state index < -0.39 is 11.8 Å². The van der Waals surface area contributed by atoms with E-state index in [1.54, 1.807) is 0 Å². The lowest BCUT2D eigenvalue weighted by atomic mass is 9.93. The van der Waals surface area contributed by atoms with Gasteiger partial charge >= 0.3 is 5.97 Å². The molecule has 1 aromatic carbocycles. The van der Waals surface area contributed by atoms with Gasteiger partial charge in [-0.3, -0.25) is 0 Å². The van der Waals surface area contributed by atoms with E-state index in [1.807, 2.05) is 0 Å². The average molecular weight is 253 g/mol. The van der Waals surface area contributed by atoms with Gasteiger partial charge in [0.2, 0.25) is 0 Å². The lowest BCUT2D eigenvalue weighted by molar-refractivity contribution is 0.0685. The number of nitrogens with two attached hydrogens (primary N) is 1. The van der Waals surface area contributed by atoms with Crippen LogP contribution in [0.5, 0.6) is 5.75 Å². The van der Waals surface area contributed by atoms with E-state index in [2.05, 4.69) is 0 Å². The van der Waals surface area contributed by atoms with Gasteiger partial charge in [-0.2, -0.15) is 0 Å². The van der Waals surface area contributed by atoms with Crippen LogP contribution in [0.1, 0.15) is 36.0 Å². The summed E-state index contributed by atoms with van der Waals surface area (Å²) in [6.45, 7) is 0. The van der Waals surface area contributed by atoms with E-state index in [-0.39, 0.29) is 23.5 Å². The van der Waals surface area contributed by atoms with Crippen molar-refractivity contribution in [1.29, 1.82) is 0 Å². The van der Waals surface area contributed by atoms with Crippen LogP contribution >= 0.6 is 0 Å². The minimum atomic E-state index is -1.11. The summed E-state index contributed by atoms with van der Waals surface area (Å²) >= 11 is 0. The molecule has 98 valence electrons. The largest absolute Gasteiger partial charge is 0.489 e. The zero-order chi connectivity index (χ0) is 13.1. The van der Waals surface area contributed by atoms with Gasteiger partial charge in [-0.1, -0.05) is 0 Å². The SMILES string of the molecule is N[C@H]1CC[C@@H](Oc2cc(F)ccc2C(=O)O)CC1. The highest BCUT2D eigenvalue weighted by Crippen LogP contribution is 2.26. The van der Waals surface area contributed by atoms with Crippen LogP contribution in [0.15, 0.2) is 18.2 Å². The Morgan fingerprint density at radius 2 is 2.00 bits per heavy atom. The summed E-state index contributed by atoms with van der Waals surface area (Å²) < 4.78 is 18.7. The number of carboxylic acids is 1. The first-order valence-corrected chi connectivity index (χ1v) is 6.01. The van der Waals surface area contributed by atoms with Crippen LogP contribution in [0.3, 0.4) is 0 Å². The molecule has 1 saturated carbocycles. The first kappa shape index (κ1) is 12.8. The maximum Gasteiger partial charge on any atom is 0.339 e. The molecular weight excluding hydrogens is 237 g/mol. The number of carbonyl (C=O) groups is 1. The molecule has 0 unspecified atom stereocenters. The first-order chi connectivity index (χ1) is 8.56. The highest BCUT2D eigenvalue weighted by molar-refractivity contribution is 5.90. The molecule has 1 aliphatic carbocycles. The maximum absolute atomic E-state index is 13.1. The number of hydrogen-bond donors (Lipinski definition) is 2. The van der Waals surface area contributed by atoms with Crippen molar-refractivity contribution < 1.29 is 19.0 Å². The topological polar surface area (TPSA) is 72.5 Å². The normalized spacial score (nSPS) is 23.7. The molecule has 5 heteroatoms. The molecule has 0 aromatic heterocycles. The van der Waals surface area contributed by atoms with Crippen LogP contribution in [0.4, 0.5) is 4.39 Å². The fourth-order valence-corrected chi connectivity index (χ4v) is 2.16. The van der Waals surface area contributed by atoms with Crippen LogP contribution < -0.4 is 10.5 Å². The maximum atomic E-state index is 13.1. The van der Waals surface area contributed by atoms with E-state index in [4.69, 9.17) is 15.6 Å². The second-order valence-corrected chi connectivity index (χ2v) is 4.60. The molecule has 0 bridgehead atoms. The highest BCUT2D eigenvalue weighted by atomic mass is 19.1. The van der Waals surface area contributed by atoms with Gasteiger partial charge in [0.25, 0.3) is 0 Å². The molecule has 3 N–H and O–H groups in total. The van der Waals surface area contributed by atoms with Crippen molar-refractivity contribution in [3.63, 3.8) is 0 Å². The van der Waals surface area contributed by atoms with Crippen LogP contribution in [-0.2, 0) is 0 Å². The van der Waals surface area contributed by atoms with Crippen LogP contribution in [0, 0.1) is 5.82 Å². The lowest BCUT2D eigenvalue weighted by Crippen LogP contribution is -2.32. The third-order valence-electron chi connectivity index (χ3n) is 3.19. The van der Waals surface area contributed by atoms with E-state index in [9.17, 15) is 9.18 Å². The van der Waals surface area contributed by atoms with Gasteiger partial charge in [0.1, 0.15) is 17.1 Å². The molecule has 18 heavy (non-hydrogen) atoms. The Morgan fingerprint density at radius 1 is 1.33 bits per heavy atom. The van der Waals surface area contributed by atoms with Gasteiger partial charge in [-0.25, -0.2) is 9.18 Å². The third kappa shape index (κ3) is 2.98. The fourth-order valence-electron chi connectivity index (χ4n) is 2.16. The number of halogens is 1. The van der Waals surface area contributed by atoms with E-state index in [0.29, 0.717) is 0 Å². The van der Waals surface area contributed by atoms with Gasteiger partial charge in [-0.05, 0) is 37.8 Å². The zero-order valence-corrected chi connectivity index (χ0v) is 9.93. The smallest absolute Gasteiger partial charge is 0.339 e. The predicted molar refractivity (Wildman–Crippen MR) is 64.2 cm³/mol. The number of benzene rings is 1. The monoisotopic (exact) mass is 253 g/mol. The van der Waals surface area contributed by atoms with Crippen LogP contribution in [0.2, 0.25) is 0 Å². The molecule has 0 aliphatic heterocycles. The van der Waals surface area contributed by atoms with Crippen molar-refractivity contribution in [3.05, 3.63) is 29.6 Å². The minimum Gasteiger partial charge on any atom is -0.489 e.